The van der Waals surface area contributed by atoms with E-state index in [4.69, 9.17) is 33.8 Å². The van der Waals surface area contributed by atoms with Gasteiger partial charge < -0.3 is 11.5 Å². The summed E-state index contributed by atoms with van der Waals surface area (Å²) in [4.78, 5) is 0. The van der Waals surface area contributed by atoms with Crippen LogP contribution in [0.5, 0.6) is 0 Å². The molecule has 0 aliphatic heterocycles. The van der Waals surface area contributed by atoms with Crippen molar-refractivity contribution >= 4 is 22.4 Å². The molecule has 0 bridgehead atoms. The fourth-order valence-electron chi connectivity index (χ4n) is 0. The lowest BCUT2D eigenvalue weighted by molar-refractivity contribution is 0.381. The minimum Gasteiger partial charge on any atom is -0.370 e. The summed E-state index contributed by atoms with van der Waals surface area (Å²) in [5.41, 5.74) is 8.94. The molecule has 0 heterocycles. The van der Waals surface area contributed by atoms with Gasteiger partial charge in [0.15, 0.2) is 5.96 Å². The van der Waals surface area contributed by atoms with Gasteiger partial charge in [-0.05, 0) is 0 Å². The number of nitrogens with two attached hydrogens (primary N) is 2. The Hall–Kier alpha value is -1.48. The third-order valence-electron chi connectivity index (χ3n) is 0. The molecule has 0 aromatic rings. The number of guanidine groups is 1. The van der Waals surface area contributed by atoms with E-state index in [-0.39, 0.29) is 5.96 Å². The molecule has 0 radical (unpaired) electrons. The highest BCUT2D eigenvalue weighted by atomic mass is 32.3. The smallest absolute Gasteiger partial charge is 0.370 e. The van der Waals surface area contributed by atoms with Crippen LogP contribution in [0.4, 0.5) is 0 Å². The molecule has 0 amide bonds. The summed E-state index contributed by atoms with van der Waals surface area (Å²) in [5, 5.41) is 17.3. The van der Waals surface area contributed by atoms with Crippen molar-refractivity contribution in [3.8, 4) is 0 Å². The van der Waals surface area contributed by atoms with Gasteiger partial charge in [0.1, 0.15) is 0 Å². The maximum absolute atomic E-state index is 8.74. The highest BCUT2D eigenvalue weighted by Gasteiger charge is 1.84. The number of rotatable bonds is 0. The molecule has 0 saturated carbocycles. The Morgan fingerprint density at radius 1 is 1.25 bits per heavy atom. The summed E-state index contributed by atoms with van der Waals surface area (Å²) < 4.78 is 31.6. The first-order valence-electron chi connectivity index (χ1n) is 2.03. The van der Waals surface area contributed by atoms with Gasteiger partial charge in [0.2, 0.25) is 0 Å². The molecule has 0 atom stereocenters. The fourth-order valence-corrected chi connectivity index (χ4v) is 0. The average Bonchev–Trinajstić information content (AvgIpc) is 1.56. The van der Waals surface area contributed by atoms with Gasteiger partial charge in [-0.2, -0.15) is 8.42 Å². The maximum Gasteiger partial charge on any atom is 0.394 e. The first kappa shape index (κ1) is 16.9. The van der Waals surface area contributed by atoms with E-state index >= 15 is 0 Å². The Bertz CT molecular complexity index is 226. The average molecular weight is 199 g/mol. The zero-order valence-corrected chi connectivity index (χ0v) is 6.59. The quantitative estimate of drug-likeness (QED) is 0.140. The summed E-state index contributed by atoms with van der Waals surface area (Å²) >= 11 is 0. The molecular formula is C2H9N5O4S. The van der Waals surface area contributed by atoms with Crippen LogP contribution in [0.3, 0.4) is 0 Å². The number of hydrogen-bond acceptors (Lipinski definition) is 5. The molecule has 0 fully saturated rings. The van der Waals surface area contributed by atoms with Crippen molar-refractivity contribution < 1.29 is 17.5 Å². The minimum absolute atomic E-state index is 0.333. The van der Waals surface area contributed by atoms with Crippen LogP contribution in [0.25, 0.3) is 0 Å². The van der Waals surface area contributed by atoms with E-state index in [0.717, 1.165) is 0 Å². The SMILES string of the molecule is N=C(N)N.N=C=N.O=S(=O)(O)O. The van der Waals surface area contributed by atoms with Gasteiger partial charge in [0.05, 0.1) is 6.01 Å². The summed E-state index contributed by atoms with van der Waals surface area (Å²) in [6, 6.07) is 1.25. The van der Waals surface area contributed by atoms with Gasteiger partial charge in [-0.25, -0.2) is 10.8 Å². The standard InChI is InChI=1S/CH5N3.CH2N2.H2O4S/c2-1(3)4;2-1-3;1-5(2,3)4/h(H5,2,3,4);2-3H;(H2,1,2,3,4). The van der Waals surface area contributed by atoms with Crippen LogP contribution in [0.2, 0.25) is 0 Å². The largest absolute Gasteiger partial charge is 0.394 e. The first-order valence-corrected chi connectivity index (χ1v) is 3.42. The van der Waals surface area contributed by atoms with E-state index in [0.29, 0.717) is 0 Å². The van der Waals surface area contributed by atoms with E-state index in [2.05, 4.69) is 11.5 Å². The molecule has 0 aromatic carbocycles. The Kier molecular flexibility index (Phi) is 13.4. The highest BCUT2D eigenvalue weighted by molar-refractivity contribution is 7.79. The maximum atomic E-state index is 8.74. The zero-order chi connectivity index (χ0) is 10.8. The lowest BCUT2D eigenvalue weighted by Gasteiger charge is -1.69. The lowest BCUT2D eigenvalue weighted by atomic mass is 11.1. The molecule has 10 heteroatoms. The lowest BCUT2D eigenvalue weighted by Crippen LogP contribution is -2.20. The fraction of sp³-hybridized carbons (Fsp3) is 0. The van der Waals surface area contributed by atoms with Crippen molar-refractivity contribution in [1.29, 1.82) is 16.2 Å². The van der Waals surface area contributed by atoms with Gasteiger partial charge in [0, 0.05) is 0 Å². The van der Waals surface area contributed by atoms with Crippen molar-refractivity contribution in [2.45, 2.75) is 0 Å². The van der Waals surface area contributed by atoms with Crippen molar-refractivity contribution in [1.82, 2.24) is 0 Å². The molecule has 0 unspecified atom stereocenters. The first-order chi connectivity index (χ1) is 5.15. The Labute approximate surface area is 68.5 Å². The van der Waals surface area contributed by atoms with Gasteiger partial charge in [-0.1, -0.05) is 0 Å². The van der Waals surface area contributed by atoms with E-state index in [1.165, 1.54) is 6.01 Å². The van der Waals surface area contributed by atoms with Crippen LogP contribution in [0.15, 0.2) is 0 Å². The number of nitrogens with one attached hydrogen (secondary N) is 3. The van der Waals surface area contributed by atoms with E-state index in [1.807, 2.05) is 0 Å². The molecule has 0 saturated heterocycles. The third-order valence-corrected chi connectivity index (χ3v) is 0. The molecule has 9 nitrogen and oxygen atoms in total. The monoisotopic (exact) mass is 199 g/mol. The van der Waals surface area contributed by atoms with E-state index in [9.17, 15) is 0 Å². The van der Waals surface area contributed by atoms with Gasteiger partial charge in [0.25, 0.3) is 0 Å². The molecule has 0 rings (SSSR count). The second-order valence-electron chi connectivity index (χ2n) is 1.03. The molecule has 0 aliphatic carbocycles. The predicted molar refractivity (Wildman–Crippen MR) is 40.7 cm³/mol. The topological polar surface area (TPSA) is 198 Å². The van der Waals surface area contributed by atoms with Crippen LogP contribution < -0.4 is 11.5 Å². The normalized spacial score (nSPS) is 7.50. The van der Waals surface area contributed by atoms with Gasteiger partial charge in [-0.15, -0.1) is 0 Å². The van der Waals surface area contributed by atoms with Crippen LogP contribution in [-0.2, 0) is 10.4 Å². The van der Waals surface area contributed by atoms with Crippen molar-refractivity contribution in [3.05, 3.63) is 0 Å². The van der Waals surface area contributed by atoms with Gasteiger partial charge >= 0.3 is 10.4 Å². The molecule has 0 spiro atoms. The summed E-state index contributed by atoms with van der Waals surface area (Å²) in [5.74, 6) is -0.333. The third kappa shape index (κ3) is 220. The summed E-state index contributed by atoms with van der Waals surface area (Å²) in [6.07, 6.45) is 0. The van der Waals surface area contributed by atoms with Crippen LogP contribution in [-0.4, -0.2) is 29.5 Å². The Morgan fingerprint density at radius 2 is 1.25 bits per heavy atom. The molecule has 72 valence electrons. The Morgan fingerprint density at radius 3 is 1.25 bits per heavy atom. The van der Waals surface area contributed by atoms with E-state index < -0.39 is 10.4 Å². The second-order valence-corrected chi connectivity index (χ2v) is 1.92. The van der Waals surface area contributed by atoms with Crippen LogP contribution in [0.1, 0.15) is 0 Å². The van der Waals surface area contributed by atoms with Crippen molar-refractivity contribution in [2.75, 3.05) is 0 Å². The molecule has 0 aromatic heterocycles. The van der Waals surface area contributed by atoms with Crippen LogP contribution in [0, 0.1) is 16.2 Å². The van der Waals surface area contributed by atoms with Gasteiger partial charge in [-0.3, -0.25) is 14.5 Å². The number of hydrogen-bond donors (Lipinski definition) is 7. The predicted octanol–water partition coefficient (Wildman–Crippen LogP) is -1.50. The summed E-state index contributed by atoms with van der Waals surface area (Å²) in [6.45, 7) is 0. The minimum atomic E-state index is -4.67. The van der Waals surface area contributed by atoms with Crippen molar-refractivity contribution in [3.63, 3.8) is 0 Å². The Balaban J connectivity index is -0.000000105. The molecule has 12 heavy (non-hydrogen) atoms. The molecule has 0 aliphatic rings. The molecule has 9 N–H and O–H groups in total. The summed E-state index contributed by atoms with van der Waals surface area (Å²) in [7, 11) is -4.67. The highest BCUT2D eigenvalue weighted by Crippen LogP contribution is 1.59. The van der Waals surface area contributed by atoms with Crippen LogP contribution >= 0.6 is 0 Å². The second kappa shape index (κ2) is 9.52. The van der Waals surface area contributed by atoms with Crippen molar-refractivity contribution in [2.24, 2.45) is 11.5 Å². The zero-order valence-electron chi connectivity index (χ0n) is 5.77. The van der Waals surface area contributed by atoms with E-state index in [1.54, 1.807) is 0 Å². The molecular weight excluding hydrogens is 190 g/mol.